The Kier molecular flexibility index (Phi) is 8.87. The number of nitrogens with one attached hydrogen (secondary N) is 1. The minimum Gasteiger partial charge on any atom is -0.456 e. The molecule has 1 saturated heterocycles. The highest BCUT2D eigenvalue weighted by Gasteiger charge is 2.49. The van der Waals surface area contributed by atoms with Crippen LogP contribution in [0.15, 0.2) is 0 Å². The lowest BCUT2D eigenvalue weighted by atomic mass is 10.0. The molecule has 9 nitrogen and oxygen atoms in total. The average Bonchev–Trinajstić information content (AvgIpc) is 2.58. The zero-order valence-electron chi connectivity index (χ0n) is 17.5. The van der Waals surface area contributed by atoms with Crippen molar-refractivity contribution in [3.8, 4) is 0 Å². The molecule has 0 unspecified atom stereocenters. The van der Waals surface area contributed by atoms with Crippen molar-refractivity contribution in [2.45, 2.75) is 73.1 Å². The van der Waals surface area contributed by atoms with Crippen molar-refractivity contribution >= 4 is 23.8 Å². The van der Waals surface area contributed by atoms with E-state index in [4.69, 9.17) is 29.1 Å². The number of ether oxygens (including phenoxy) is 5. The standard InChI is InChI=1S/C19H31NO8/c1-9(2)16(21)26-13-8-24-19(25-12(7)20)15(28-18(23)11(5)6)14(13)27-17(22)10(3)4/h9-11,13-15,19-20H,8H2,1-7H3/t13-,14-,15+,19-/m0/s1. The van der Waals surface area contributed by atoms with Gasteiger partial charge in [-0.05, 0) is 0 Å². The predicted octanol–water partition coefficient (Wildman–Crippen LogP) is 2.06. The Morgan fingerprint density at radius 1 is 0.786 bits per heavy atom. The first-order valence-corrected chi connectivity index (χ1v) is 9.38. The lowest BCUT2D eigenvalue weighted by molar-refractivity contribution is -0.266. The van der Waals surface area contributed by atoms with Gasteiger partial charge in [0.05, 0.1) is 24.4 Å². The van der Waals surface area contributed by atoms with Crippen LogP contribution >= 0.6 is 0 Å². The molecule has 0 saturated carbocycles. The largest absolute Gasteiger partial charge is 0.456 e. The van der Waals surface area contributed by atoms with Crippen molar-refractivity contribution in [1.29, 1.82) is 5.41 Å². The number of esters is 3. The molecule has 0 aromatic carbocycles. The van der Waals surface area contributed by atoms with Crippen LogP contribution in [0.4, 0.5) is 0 Å². The molecule has 1 aliphatic rings. The number of hydrogen-bond donors (Lipinski definition) is 1. The highest BCUT2D eigenvalue weighted by atomic mass is 16.7. The summed E-state index contributed by atoms with van der Waals surface area (Å²) in [6.45, 7) is 11.2. The summed E-state index contributed by atoms with van der Waals surface area (Å²) in [5.74, 6) is -3.09. The number of hydrogen-bond acceptors (Lipinski definition) is 9. The van der Waals surface area contributed by atoms with Crippen LogP contribution in [0.2, 0.25) is 0 Å². The summed E-state index contributed by atoms with van der Waals surface area (Å²) in [6.07, 6.45) is -4.47. The van der Waals surface area contributed by atoms with Crippen molar-refractivity contribution < 1.29 is 38.1 Å². The Bertz CT molecular complexity index is 586. The zero-order chi connectivity index (χ0) is 21.6. The van der Waals surface area contributed by atoms with Gasteiger partial charge in [-0.2, -0.15) is 0 Å². The number of carbonyl (C=O) groups is 3. The third-order valence-electron chi connectivity index (χ3n) is 3.86. The van der Waals surface area contributed by atoms with Crippen molar-refractivity contribution in [2.24, 2.45) is 17.8 Å². The molecule has 0 aliphatic carbocycles. The Morgan fingerprint density at radius 2 is 1.21 bits per heavy atom. The van der Waals surface area contributed by atoms with Gasteiger partial charge in [0.2, 0.25) is 12.4 Å². The molecular formula is C19H31NO8. The maximum Gasteiger partial charge on any atom is 0.309 e. The van der Waals surface area contributed by atoms with Crippen LogP contribution in [0.3, 0.4) is 0 Å². The Labute approximate surface area is 165 Å². The maximum absolute atomic E-state index is 12.2. The molecule has 0 aromatic heterocycles. The molecule has 0 radical (unpaired) electrons. The van der Waals surface area contributed by atoms with E-state index in [-0.39, 0.29) is 12.5 Å². The second-order valence-electron chi connectivity index (χ2n) is 7.62. The molecule has 0 bridgehead atoms. The van der Waals surface area contributed by atoms with Crippen molar-refractivity contribution in [2.75, 3.05) is 6.61 Å². The molecule has 1 aliphatic heterocycles. The van der Waals surface area contributed by atoms with Gasteiger partial charge < -0.3 is 23.7 Å². The molecule has 0 amide bonds. The second-order valence-corrected chi connectivity index (χ2v) is 7.62. The van der Waals surface area contributed by atoms with Gasteiger partial charge in [-0.15, -0.1) is 0 Å². The second kappa shape index (κ2) is 10.4. The van der Waals surface area contributed by atoms with E-state index in [1.54, 1.807) is 41.5 Å². The van der Waals surface area contributed by atoms with Crippen LogP contribution in [0.25, 0.3) is 0 Å². The minimum atomic E-state index is -1.20. The van der Waals surface area contributed by atoms with E-state index in [0.29, 0.717) is 0 Å². The average molecular weight is 401 g/mol. The van der Waals surface area contributed by atoms with E-state index in [0.717, 1.165) is 0 Å². The van der Waals surface area contributed by atoms with E-state index in [2.05, 4.69) is 0 Å². The molecule has 0 spiro atoms. The van der Waals surface area contributed by atoms with Crippen molar-refractivity contribution in [3.05, 3.63) is 0 Å². The van der Waals surface area contributed by atoms with E-state index in [1.807, 2.05) is 0 Å². The fourth-order valence-electron chi connectivity index (χ4n) is 2.21. The van der Waals surface area contributed by atoms with Crippen LogP contribution in [-0.2, 0) is 38.1 Å². The fourth-order valence-corrected chi connectivity index (χ4v) is 2.21. The Balaban J connectivity index is 3.21. The molecular weight excluding hydrogens is 370 g/mol. The van der Waals surface area contributed by atoms with Crippen molar-refractivity contribution in [1.82, 2.24) is 0 Å². The van der Waals surface area contributed by atoms with Crippen molar-refractivity contribution in [3.63, 3.8) is 0 Å². The molecule has 9 heteroatoms. The summed E-state index contributed by atoms with van der Waals surface area (Å²) < 4.78 is 27.3. The highest BCUT2D eigenvalue weighted by Crippen LogP contribution is 2.27. The topological polar surface area (TPSA) is 121 Å². The first-order valence-electron chi connectivity index (χ1n) is 9.38. The number of rotatable bonds is 7. The van der Waals surface area contributed by atoms with Gasteiger partial charge in [-0.25, -0.2) is 0 Å². The summed E-state index contributed by atoms with van der Waals surface area (Å²) >= 11 is 0. The Hall–Kier alpha value is -2.16. The smallest absolute Gasteiger partial charge is 0.309 e. The molecule has 0 aromatic rings. The molecule has 4 atom stereocenters. The van der Waals surface area contributed by atoms with Gasteiger partial charge in [-0.1, -0.05) is 41.5 Å². The third-order valence-corrected chi connectivity index (χ3v) is 3.86. The number of carbonyl (C=O) groups excluding carboxylic acids is 3. The van der Waals surface area contributed by atoms with Gasteiger partial charge >= 0.3 is 17.9 Å². The molecule has 1 fully saturated rings. The van der Waals surface area contributed by atoms with Crippen LogP contribution in [0.1, 0.15) is 48.5 Å². The third kappa shape index (κ3) is 6.78. The van der Waals surface area contributed by atoms with Gasteiger partial charge in [-0.3, -0.25) is 19.8 Å². The first kappa shape index (κ1) is 23.9. The molecule has 28 heavy (non-hydrogen) atoms. The van der Waals surface area contributed by atoms with E-state index in [1.165, 1.54) is 6.92 Å². The van der Waals surface area contributed by atoms with Crippen LogP contribution in [-0.4, -0.2) is 55.0 Å². The first-order chi connectivity index (χ1) is 12.9. The summed E-state index contributed by atoms with van der Waals surface area (Å²) in [5.41, 5.74) is 0. The normalized spacial score (nSPS) is 24.8. The lowest BCUT2D eigenvalue weighted by Gasteiger charge is -2.40. The molecule has 1 heterocycles. The Morgan fingerprint density at radius 3 is 1.64 bits per heavy atom. The van der Waals surface area contributed by atoms with E-state index >= 15 is 0 Å². The zero-order valence-corrected chi connectivity index (χ0v) is 17.5. The summed E-state index contributed by atoms with van der Waals surface area (Å²) in [6, 6.07) is 0. The maximum atomic E-state index is 12.2. The quantitative estimate of drug-likeness (QED) is 0.298. The van der Waals surface area contributed by atoms with E-state index in [9.17, 15) is 14.4 Å². The lowest BCUT2D eigenvalue weighted by Crippen LogP contribution is -2.59. The summed E-state index contributed by atoms with van der Waals surface area (Å²) in [5, 5.41) is 7.55. The van der Waals surface area contributed by atoms with Gasteiger partial charge in [0.15, 0.2) is 18.1 Å². The van der Waals surface area contributed by atoms with Gasteiger partial charge in [0.25, 0.3) is 0 Å². The van der Waals surface area contributed by atoms with Gasteiger partial charge in [0.1, 0.15) is 0 Å². The monoisotopic (exact) mass is 401 g/mol. The van der Waals surface area contributed by atoms with Crippen LogP contribution in [0, 0.1) is 23.2 Å². The van der Waals surface area contributed by atoms with Crippen LogP contribution in [0.5, 0.6) is 0 Å². The molecule has 1 rings (SSSR count). The van der Waals surface area contributed by atoms with Crippen LogP contribution < -0.4 is 0 Å². The highest BCUT2D eigenvalue weighted by molar-refractivity contribution is 5.74. The minimum absolute atomic E-state index is 0.137. The van der Waals surface area contributed by atoms with E-state index < -0.39 is 60.3 Å². The SMILES string of the molecule is CC(=N)O[C@@H]1OC[C@H](OC(=O)C(C)C)[C@H](OC(=O)C(C)C)[C@H]1OC(=O)C(C)C. The summed E-state index contributed by atoms with van der Waals surface area (Å²) in [4.78, 5) is 36.5. The summed E-state index contributed by atoms with van der Waals surface area (Å²) in [7, 11) is 0. The fraction of sp³-hybridized carbons (Fsp3) is 0.789. The predicted molar refractivity (Wildman–Crippen MR) is 98.4 cm³/mol. The molecule has 160 valence electrons. The molecule has 1 N–H and O–H groups in total. The van der Waals surface area contributed by atoms with Gasteiger partial charge in [0, 0.05) is 6.92 Å².